The third kappa shape index (κ3) is 4.29. The van der Waals surface area contributed by atoms with Gasteiger partial charge >= 0.3 is 0 Å². The Balaban J connectivity index is 2.06. The van der Waals surface area contributed by atoms with Crippen molar-refractivity contribution in [3.8, 4) is 17.1 Å². The molecule has 0 fully saturated rings. The smallest absolute Gasteiger partial charge is 0.230 e. The van der Waals surface area contributed by atoms with Gasteiger partial charge in [-0.15, -0.1) is 10.2 Å². The van der Waals surface area contributed by atoms with E-state index in [2.05, 4.69) is 29.4 Å². The average Bonchev–Trinajstić information content (AvgIpc) is 2.98. The van der Waals surface area contributed by atoms with Crippen LogP contribution < -0.4 is 10.1 Å². The molecule has 0 aliphatic carbocycles. The molecule has 0 radical (unpaired) electrons. The highest BCUT2D eigenvalue weighted by atomic mass is 32.2. The lowest BCUT2D eigenvalue weighted by Crippen LogP contribution is -2.35. The van der Waals surface area contributed by atoms with Gasteiger partial charge in [-0.05, 0) is 25.0 Å². The molecule has 6 nitrogen and oxygen atoms in total. The van der Waals surface area contributed by atoms with E-state index >= 15 is 0 Å². The lowest BCUT2D eigenvalue weighted by atomic mass is 10.2. The molecule has 1 N–H and O–H groups in total. The van der Waals surface area contributed by atoms with Gasteiger partial charge < -0.3 is 14.6 Å². The number of benzene rings is 1. The van der Waals surface area contributed by atoms with Crippen LogP contribution in [-0.4, -0.2) is 39.6 Å². The minimum absolute atomic E-state index is 0.0236. The third-order valence-electron chi connectivity index (χ3n) is 3.87. The SMILES string of the molecule is CCC(CC)NC(=O)CSc1nnc(-c2ccccc2OC)n1C. The van der Waals surface area contributed by atoms with E-state index in [1.807, 2.05) is 35.9 Å². The van der Waals surface area contributed by atoms with Crippen molar-refractivity contribution in [1.82, 2.24) is 20.1 Å². The molecule has 0 atom stereocenters. The Morgan fingerprint density at radius 3 is 2.67 bits per heavy atom. The number of ether oxygens (including phenoxy) is 1. The molecular formula is C17H24N4O2S. The summed E-state index contributed by atoms with van der Waals surface area (Å²) in [6.07, 6.45) is 1.88. The van der Waals surface area contributed by atoms with E-state index < -0.39 is 0 Å². The first-order valence-corrected chi connectivity index (χ1v) is 9.04. The van der Waals surface area contributed by atoms with Gasteiger partial charge in [0, 0.05) is 13.1 Å². The highest BCUT2D eigenvalue weighted by Crippen LogP contribution is 2.29. The van der Waals surface area contributed by atoms with Crippen LogP contribution >= 0.6 is 11.8 Å². The van der Waals surface area contributed by atoms with Crippen LogP contribution in [0.2, 0.25) is 0 Å². The number of para-hydroxylation sites is 1. The Morgan fingerprint density at radius 1 is 1.29 bits per heavy atom. The molecule has 0 spiro atoms. The van der Waals surface area contributed by atoms with Gasteiger partial charge in [-0.2, -0.15) is 0 Å². The number of amides is 1. The maximum absolute atomic E-state index is 12.0. The number of aromatic nitrogens is 3. The summed E-state index contributed by atoms with van der Waals surface area (Å²) in [5, 5.41) is 12.2. The molecule has 0 bridgehead atoms. The number of rotatable bonds is 8. The van der Waals surface area contributed by atoms with Crippen LogP contribution in [0.3, 0.4) is 0 Å². The molecule has 0 aliphatic heterocycles. The zero-order valence-corrected chi connectivity index (χ0v) is 15.4. The number of carbonyl (C=O) groups excluding carboxylic acids is 1. The van der Waals surface area contributed by atoms with E-state index in [9.17, 15) is 4.79 Å². The summed E-state index contributed by atoms with van der Waals surface area (Å²) in [6.45, 7) is 4.15. The molecule has 1 aromatic carbocycles. The van der Waals surface area contributed by atoms with Gasteiger partial charge in [0.2, 0.25) is 5.91 Å². The second-order valence-electron chi connectivity index (χ2n) is 5.44. The fourth-order valence-corrected chi connectivity index (χ4v) is 3.12. The van der Waals surface area contributed by atoms with Crippen molar-refractivity contribution in [3.63, 3.8) is 0 Å². The fraction of sp³-hybridized carbons (Fsp3) is 0.471. The second kappa shape index (κ2) is 8.73. The molecule has 0 saturated carbocycles. The maximum atomic E-state index is 12.0. The van der Waals surface area contributed by atoms with Gasteiger partial charge in [-0.25, -0.2) is 0 Å². The van der Waals surface area contributed by atoms with Crippen molar-refractivity contribution in [3.05, 3.63) is 24.3 Å². The molecule has 7 heteroatoms. The number of hydrogen-bond donors (Lipinski definition) is 1. The highest BCUT2D eigenvalue weighted by molar-refractivity contribution is 7.99. The number of methoxy groups -OCH3 is 1. The van der Waals surface area contributed by atoms with Crippen LogP contribution in [0.5, 0.6) is 5.75 Å². The normalized spacial score (nSPS) is 10.9. The zero-order chi connectivity index (χ0) is 17.5. The number of nitrogens with one attached hydrogen (secondary N) is 1. The highest BCUT2D eigenvalue weighted by Gasteiger charge is 2.16. The van der Waals surface area contributed by atoms with Crippen LogP contribution in [0.4, 0.5) is 0 Å². The Hall–Kier alpha value is -2.02. The fourth-order valence-electron chi connectivity index (χ4n) is 2.40. The molecule has 0 aliphatic rings. The van der Waals surface area contributed by atoms with Crippen molar-refractivity contribution in [2.75, 3.05) is 12.9 Å². The number of nitrogens with zero attached hydrogens (tertiary/aromatic N) is 3. The van der Waals surface area contributed by atoms with Gasteiger partial charge in [0.1, 0.15) is 5.75 Å². The molecular weight excluding hydrogens is 324 g/mol. The van der Waals surface area contributed by atoms with E-state index in [1.165, 1.54) is 11.8 Å². The van der Waals surface area contributed by atoms with Crippen LogP contribution in [0.15, 0.2) is 29.4 Å². The van der Waals surface area contributed by atoms with E-state index in [1.54, 1.807) is 7.11 Å². The monoisotopic (exact) mass is 348 g/mol. The van der Waals surface area contributed by atoms with Crippen LogP contribution in [0, 0.1) is 0 Å². The number of thioether (sulfide) groups is 1. The summed E-state index contributed by atoms with van der Waals surface area (Å²) >= 11 is 1.38. The molecule has 1 heterocycles. The Labute approximate surface area is 147 Å². The van der Waals surface area contributed by atoms with Crippen molar-refractivity contribution < 1.29 is 9.53 Å². The summed E-state index contributed by atoms with van der Waals surface area (Å²) in [4.78, 5) is 12.0. The summed E-state index contributed by atoms with van der Waals surface area (Å²) in [5.41, 5.74) is 0.878. The Kier molecular flexibility index (Phi) is 6.66. The molecule has 1 aromatic heterocycles. The van der Waals surface area contributed by atoms with Crippen LogP contribution in [0.25, 0.3) is 11.4 Å². The predicted octanol–water partition coefficient (Wildman–Crippen LogP) is 2.89. The zero-order valence-electron chi connectivity index (χ0n) is 14.6. The molecule has 2 rings (SSSR count). The largest absolute Gasteiger partial charge is 0.496 e. The van der Waals surface area contributed by atoms with Gasteiger partial charge in [-0.3, -0.25) is 4.79 Å². The molecule has 2 aromatic rings. The summed E-state index contributed by atoms with van der Waals surface area (Å²) in [6, 6.07) is 7.91. The van der Waals surface area contributed by atoms with Gasteiger partial charge in [-0.1, -0.05) is 37.7 Å². The van der Waals surface area contributed by atoms with E-state index in [4.69, 9.17) is 4.74 Å². The number of hydrogen-bond acceptors (Lipinski definition) is 5. The van der Waals surface area contributed by atoms with Gasteiger partial charge in [0.25, 0.3) is 0 Å². The first-order chi connectivity index (χ1) is 11.6. The average molecular weight is 348 g/mol. The maximum Gasteiger partial charge on any atom is 0.230 e. The van der Waals surface area contributed by atoms with Crippen LogP contribution in [0.1, 0.15) is 26.7 Å². The van der Waals surface area contributed by atoms with Crippen LogP contribution in [-0.2, 0) is 11.8 Å². The topological polar surface area (TPSA) is 69.0 Å². The first kappa shape index (κ1) is 18.3. The van der Waals surface area contributed by atoms with E-state index in [0.717, 1.165) is 30.0 Å². The van der Waals surface area contributed by atoms with E-state index in [-0.39, 0.29) is 11.9 Å². The van der Waals surface area contributed by atoms with Crippen molar-refractivity contribution in [1.29, 1.82) is 0 Å². The lowest BCUT2D eigenvalue weighted by Gasteiger charge is -2.14. The molecule has 130 valence electrons. The van der Waals surface area contributed by atoms with E-state index in [0.29, 0.717) is 10.9 Å². The molecule has 0 unspecified atom stereocenters. The summed E-state index contributed by atoms with van der Waals surface area (Å²) < 4.78 is 7.26. The lowest BCUT2D eigenvalue weighted by molar-refractivity contribution is -0.119. The number of carbonyl (C=O) groups is 1. The third-order valence-corrected chi connectivity index (χ3v) is 4.89. The second-order valence-corrected chi connectivity index (χ2v) is 6.38. The quantitative estimate of drug-likeness (QED) is 0.743. The molecule has 1 amide bonds. The first-order valence-electron chi connectivity index (χ1n) is 8.05. The van der Waals surface area contributed by atoms with Crippen molar-refractivity contribution >= 4 is 17.7 Å². The summed E-state index contributed by atoms with van der Waals surface area (Å²) in [7, 11) is 3.52. The Bertz CT molecular complexity index is 683. The standard InChI is InChI=1S/C17H24N4O2S/c1-5-12(6-2)18-15(22)11-24-17-20-19-16(21(17)3)13-9-7-8-10-14(13)23-4/h7-10,12H,5-6,11H2,1-4H3,(H,18,22). The summed E-state index contributed by atoms with van der Waals surface area (Å²) in [5.74, 6) is 1.82. The van der Waals surface area contributed by atoms with Crippen molar-refractivity contribution in [2.45, 2.75) is 37.9 Å². The Morgan fingerprint density at radius 2 is 2.00 bits per heavy atom. The van der Waals surface area contributed by atoms with Crippen molar-refractivity contribution in [2.24, 2.45) is 7.05 Å². The molecule has 0 saturated heterocycles. The minimum Gasteiger partial charge on any atom is -0.496 e. The predicted molar refractivity (Wildman–Crippen MR) is 96.2 cm³/mol. The molecule has 24 heavy (non-hydrogen) atoms. The van der Waals surface area contributed by atoms with Gasteiger partial charge in [0.05, 0.1) is 18.4 Å². The minimum atomic E-state index is 0.0236. The van der Waals surface area contributed by atoms with Gasteiger partial charge in [0.15, 0.2) is 11.0 Å².